The average molecular weight is 700 g/mol. The lowest BCUT2D eigenvalue weighted by molar-refractivity contribution is -0.123. The summed E-state index contributed by atoms with van der Waals surface area (Å²) in [5, 5.41) is 23.2. The molecule has 0 aromatic rings. The molecule has 50 heavy (non-hydrogen) atoms. The molecule has 292 valence electrons. The van der Waals surface area contributed by atoms with Crippen molar-refractivity contribution in [3.05, 3.63) is 48.6 Å². The van der Waals surface area contributed by atoms with Crippen molar-refractivity contribution < 1.29 is 15.0 Å². The fourth-order valence-electron chi connectivity index (χ4n) is 6.53. The largest absolute Gasteiger partial charge is 0.394 e. The molecule has 1 amide bonds. The Morgan fingerprint density at radius 1 is 0.500 bits per heavy atom. The van der Waals surface area contributed by atoms with E-state index in [4.69, 9.17) is 0 Å². The molecule has 4 nitrogen and oxygen atoms in total. The van der Waals surface area contributed by atoms with Gasteiger partial charge in [0.2, 0.25) is 5.91 Å². The maximum Gasteiger partial charge on any atom is 0.220 e. The molecule has 2 atom stereocenters. The molecule has 0 aliphatic carbocycles. The summed E-state index contributed by atoms with van der Waals surface area (Å²) in [6, 6.07) is -0.550. The zero-order valence-electron chi connectivity index (χ0n) is 33.4. The molecule has 0 saturated carbocycles. The first kappa shape index (κ1) is 48.3. The van der Waals surface area contributed by atoms with E-state index >= 15 is 0 Å². The third-order valence-corrected chi connectivity index (χ3v) is 9.85. The molecule has 0 bridgehead atoms. The van der Waals surface area contributed by atoms with Crippen LogP contribution in [0.2, 0.25) is 0 Å². The van der Waals surface area contributed by atoms with Gasteiger partial charge in [0.25, 0.3) is 0 Å². The van der Waals surface area contributed by atoms with Gasteiger partial charge in [-0.3, -0.25) is 4.79 Å². The standard InChI is InChI=1S/C46H85NO3/c1-3-5-7-9-11-13-15-17-19-21-22-23-24-26-27-29-31-33-35-37-39-41-45(49)44(43-48)47-46(50)42-40-38-36-34-32-30-28-25-20-18-16-14-12-10-8-6-4-2/h6,8,12,14,18,20,28,30,44-45,48-49H,3-5,7,9-11,13,15-17,19,21-27,29,31-43H2,1-2H3,(H,47,50)/b8-6-,14-12-,20-18-,30-28-. The van der Waals surface area contributed by atoms with E-state index in [1.807, 2.05) is 0 Å². The Morgan fingerprint density at radius 3 is 1.32 bits per heavy atom. The number of aliphatic hydroxyl groups excluding tert-OH is 2. The summed E-state index contributed by atoms with van der Waals surface area (Å²) in [5.41, 5.74) is 0. The van der Waals surface area contributed by atoms with Gasteiger partial charge in [0.05, 0.1) is 18.8 Å². The molecule has 4 heteroatoms. The van der Waals surface area contributed by atoms with Crippen LogP contribution in [0.3, 0.4) is 0 Å². The lowest BCUT2D eigenvalue weighted by Crippen LogP contribution is -2.45. The van der Waals surface area contributed by atoms with Crippen LogP contribution >= 0.6 is 0 Å². The molecule has 0 aromatic carbocycles. The Kier molecular flexibility index (Phi) is 40.4. The van der Waals surface area contributed by atoms with Crippen LogP contribution in [0.15, 0.2) is 48.6 Å². The maximum absolute atomic E-state index is 12.4. The van der Waals surface area contributed by atoms with Gasteiger partial charge in [-0.25, -0.2) is 0 Å². The molecule has 0 heterocycles. The highest BCUT2D eigenvalue weighted by molar-refractivity contribution is 5.76. The Morgan fingerprint density at radius 2 is 0.880 bits per heavy atom. The minimum atomic E-state index is -0.671. The second kappa shape index (κ2) is 41.8. The van der Waals surface area contributed by atoms with Crippen molar-refractivity contribution in [1.29, 1.82) is 0 Å². The highest BCUT2D eigenvalue weighted by Gasteiger charge is 2.19. The van der Waals surface area contributed by atoms with Crippen LogP contribution in [-0.2, 0) is 4.79 Å². The summed E-state index contributed by atoms with van der Waals surface area (Å²) in [6.07, 6.45) is 56.2. The molecule has 0 radical (unpaired) electrons. The number of nitrogens with one attached hydrogen (secondary N) is 1. The zero-order chi connectivity index (χ0) is 36.4. The van der Waals surface area contributed by atoms with Crippen LogP contribution in [0.25, 0.3) is 0 Å². The number of unbranched alkanes of at least 4 members (excludes halogenated alkanes) is 24. The van der Waals surface area contributed by atoms with E-state index in [9.17, 15) is 15.0 Å². The smallest absolute Gasteiger partial charge is 0.220 e. The van der Waals surface area contributed by atoms with Crippen molar-refractivity contribution >= 4 is 5.91 Å². The van der Waals surface area contributed by atoms with Gasteiger partial charge in [0.15, 0.2) is 0 Å². The van der Waals surface area contributed by atoms with Crippen molar-refractivity contribution in [3.63, 3.8) is 0 Å². The van der Waals surface area contributed by atoms with Crippen LogP contribution < -0.4 is 5.32 Å². The zero-order valence-corrected chi connectivity index (χ0v) is 33.4. The van der Waals surface area contributed by atoms with Crippen molar-refractivity contribution in [1.82, 2.24) is 5.32 Å². The fraction of sp³-hybridized carbons (Fsp3) is 0.804. The topological polar surface area (TPSA) is 69.6 Å². The number of aliphatic hydroxyl groups is 2. The highest BCUT2D eigenvalue weighted by Crippen LogP contribution is 2.16. The summed E-state index contributed by atoms with van der Waals surface area (Å²) in [6.45, 7) is 4.24. The second-order valence-electron chi connectivity index (χ2n) is 14.7. The number of hydrogen-bond acceptors (Lipinski definition) is 3. The van der Waals surface area contributed by atoms with Crippen LogP contribution in [0.4, 0.5) is 0 Å². The molecule has 0 rings (SSSR count). The second-order valence-corrected chi connectivity index (χ2v) is 14.7. The first-order valence-corrected chi connectivity index (χ1v) is 21.8. The van der Waals surface area contributed by atoms with Gasteiger partial charge in [-0.05, 0) is 51.4 Å². The summed E-state index contributed by atoms with van der Waals surface area (Å²) >= 11 is 0. The van der Waals surface area contributed by atoms with Gasteiger partial charge in [-0.15, -0.1) is 0 Å². The lowest BCUT2D eigenvalue weighted by atomic mass is 10.0. The van der Waals surface area contributed by atoms with E-state index in [2.05, 4.69) is 67.8 Å². The van der Waals surface area contributed by atoms with Gasteiger partial charge >= 0.3 is 0 Å². The van der Waals surface area contributed by atoms with Crippen molar-refractivity contribution in [2.24, 2.45) is 0 Å². The van der Waals surface area contributed by atoms with Gasteiger partial charge in [-0.2, -0.15) is 0 Å². The van der Waals surface area contributed by atoms with Crippen molar-refractivity contribution in [3.8, 4) is 0 Å². The Bertz CT molecular complexity index is 801. The highest BCUT2D eigenvalue weighted by atomic mass is 16.3. The number of carbonyl (C=O) groups is 1. The molecular weight excluding hydrogens is 615 g/mol. The first-order valence-electron chi connectivity index (χ1n) is 21.8. The number of carbonyl (C=O) groups excluding carboxylic acids is 1. The number of hydrogen-bond donors (Lipinski definition) is 3. The van der Waals surface area contributed by atoms with Crippen molar-refractivity contribution in [2.75, 3.05) is 6.61 Å². The summed E-state index contributed by atoms with van der Waals surface area (Å²) in [7, 11) is 0. The molecular formula is C46H85NO3. The Labute approximate surface area is 312 Å². The summed E-state index contributed by atoms with van der Waals surface area (Å²) in [4.78, 5) is 12.4. The minimum absolute atomic E-state index is 0.0548. The van der Waals surface area contributed by atoms with Crippen LogP contribution in [0, 0.1) is 0 Å². The quantitative estimate of drug-likeness (QED) is 0.0442. The van der Waals surface area contributed by atoms with E-state index in [0.717, 1.165) is 70.6 Å². The molecule has 0 fully saturated rings. The summed E-state index contributed by atoms with van der Waals surface area (Å²) in [5.74, 6) is -0.0548. The van der Waals surface area contributed by atoms with E-state index in [1.165, 1.54) is 122 Å². The van der Waals surface area contributed by atoms with Crippen LogP contribution in [0.1, 0.15) is 219 Å². The molecule has 0 spiro atoms. The molecule has 0 aliphatic rings. The Hall–Kier alpha value is -1.65. The predicted octanol–water partition coefficient (Wildman–Crippen LogP) is 13.6. The average Bonchev–Trinajstić information content (AvgIpc) is 3.12. The first-order chi connectivity index (χ1) is 24.7. The third-order valence-electron chi connectivity index (χ3n) is 9.85. The molecule has 2 unspecified atom stereocenters. The van der Waals surface area contributed by atoms with Gasteiger partial charge < -0.3 is 15.5 Å². The van der Waals surface area contributed by atoms with E-state index in [0.29, 0.717) is 12.8 Å². The monoisotopic (exact) mass is 700 g/mol. The third kappa shape index (κ3) is 37.6. The Balaban J connectivity index is 3.56. The SMILES string of the molecule is CC/C=C\C/C=C\C/C=C\C/C=C\CCCCCCC(=O)NC(CO)C(O)CCCCCCCCCCCCCCCCCCCCCCC. The number of amides is 1. The number of rotatable bonds is 39. The minimum Gasteiger partial charge on any atom is -0.394 e. The fourth-order valence-corrected chi connectivity index (χ4v) is 6.53. The summed E-state index contributed by atoms with van der Waals surface area (Å²) < 4.78 is 0. The van der Waals surface area contributed by atoms with E-state index in [1.54, 1.807) is 0 Å². The predicted molar refractivity (Wildman–Crippen MR) is 221 cm³/mol. The molecule has 0 aromatic heterocycles. The van der Waals surface area contributed by atoms with Gasteiger partial charge in [-0.1, -0.05) is 210 Å². The molecule has 0 aliphatic heterocycles. The normalized spacial score (nSPS) is 13.4. The van der Waals surface area contributed by atoms with E-state index < -0.39 is 12.1 Å². The van der Waals surface area contributed by atoms with Crippen molar-refractivity contribution in [2.45, 2.75) is 231 Å². The molecule has 3 N–H and O–H groups in total. The van der Waals surface area contributed by atoms with Gasteiger partial charge in [0, 0.05) is 6.42 Å². The number of allylic oxidation sites excluding steroid dienone is 8. The van der Waals surface area contributed by atoms with Gasteiger partial charge in [0.1, 0.15) is 0 Å². The van der Waals surface area contributed by atoms with Crippen LogP contribution in [0.5, 0.6) is 0 Å². The molecule has 0 saturated heterocycles. The maximum atomic E-state index is 12.4. The lowest BCUT2D eigenvalue weighted by Gasteiger charge is -2.22. The van der Waals surface area contributed by atoms with E-state index in [-0.39, 0.29) is 12.5 Å². The van der Waals surface area contributed by atoms with Crippen LogP contribution in [-0.4, -0.2) is 34.9 Å².